The van der Waals surface area contributed by atoms with Crippen LogP contribution in [0.4, 0.5) is 0 Å². The molecule has 0 saturated carbocycles. The number of hydrogen-bond acceptors (Lipinski definition) is 3. The number of hydrogen-bond donors (Lipinski definition) is 2. The van der Waals surface area contributed by atoms with Gasteiger partial charge in [0.15, 0.2) is 0 Å². The summed E-state index contributed by atoms with van der Waals surface area (Å²) in [4.78, 5) is 2.34. The van der Waals surface area contributed by atoms with Gasteiger partial charge in [-0.1, -0.05) is 37.3 Å². The SMILES string of the molecule is CC1CN(CCC(O)c2ccccc2)CCC1O. The highest BCUT2D eigenvalue weighted by Gasteiger charge is 2.24. The Balaban J connectivity index is 1.78. The second-order valence-corrected chi connectivity index (χ2v) is 5.35. The highest BCUT2D eigenvalue weighted by molar-refractivity contribution is 5.17. The van der Waals surface area contributed by atoms with Gasteiger partial charge in [0, 0.05) is 19.6 Å². The molecule has 1 aromatic rings. The molecule has 1 heterocycles. The first-order valence-corrected chi connectivity index (χ1v) is 6.80. The standard InChI is InChI=1S/C15H23NO2/c1-12-11-16(9-7-14(12)17)10-8-15(18)13-5-3-2-4-6-13/h2-6,12,14-15,17-18H,7-11H2,1H3. The zero-order chi connectivity index (χ0) is 13.0. The van der Waals surface area contributed by atoms with Crippen molar-refractivity contribution in [2.75, 3.05) is 19.6 Å². The topological polar surface area (TPSA) is 43.7 Å². The van der Waals surface area contributed by atoms with Crippen molar-refractivity contribution in [3.05, 3.63) is 35.9 Å². The molecule has 1 aliphatic rings. The minimum absolute atomic E-state index is 0.153. The second kappa shape index (κ2) is 6.32. The van der Waals surface area contributed by atoms with E-state index in [2.05, 4.69) is 11.8 Å². The molecule has 1 aromatic carbocycles. The molecule has 3 nitrogen and oxygen atoms in total. The van der Waals surface area contributed by atoms with Gasteiger partial charge >= 0.3 is 0 Å². The van der Waals surface area contributed by atoms with Crippen LogP contribution in [0.25, 0.3) is 0 Å². The number of aliphatic hydroxyl groups is 2. The summed E-state index contributed by atoms with van der Waals surface area (Å²) < 4.78 is 0. The first-order valence-electron chi connectivity index (χ1n) is 6.80. The van der Waals surface area contributed by atoms with Gasteiger partial charge in [0.25, 0.3) is 0 Å². The second-order valence-electron chi connectivity index (χ2n) is 5.35. The van der Waals surface area contributed by atoms with Gasteiger partial charge in [0.1, 0.15) is 0 Å². The van der Waals surface area contributed by atoms with Gasteiger partial charge < -0.3 is 15.1 Å². The molecule has 18 heavy (non-hydrogen) atoms. The Hall–Kier alpha value is -0.900. The van der Waals surface area contributed by atoms with E-state index >= 15 is 0 Å². The number of piperidine rings is 1. The highest BCUT2D eigenvalue weighted by atomic mass is 16.3. The quantitative estimate of drug-likeness (QED) is 0.855. The van der Waals surface area contributed by atoms with E-state index in [-0.39, 0.29) is 12.2 Å². The van der Waals surface area contributed by atoms with Crippen LogP contribution in [0.1, 0.15) is 31.4 Å². The van der Waals surface area contributed by atoms with Gasteiger partial charge in [0.2, 0.25) is 0 Å². The average molecular weight is 249 g/mol. The van der Waals surface area contributed by atoms with Crippen LogP contribution >= 0.6 is 0 Å². The smallest absolute Gasteiger partial charge is 0.0802 e. The van der Waals surface area contributed by atoms with E-state index in [1.165, 1.54) is 0 Å². The Bertz CT molecular complexity index is 355. The van der Waals surface area contributed by atoms with Crippen LogP contribution in [0.15, 0.2) is 30.3 Å². The van der Waals surface area contributed by atoms with Gasteiger partial charge in [-0.15, -0.1) is 0 Å². The third kappa shape index (κ3) is 3.55. The van der Waals surface area contributed by atoms with E-state index in [0.717, 1.165) is 38.0 Å². The lowest BCUT2D eigenvalue weighted by molar-refractivity contribution is 0.0288. The fourth-order valence-electron chi connectivity index (χ4n) is 2.57. The van der Waals surface area contributed by atoms with E-state index in [0.29, 0.717) is 5.92 Å². The molecule has 0 spiro atoms. The van der Waals surface area contributed by atoms with Crippen molar-refractivity contribution in [2.45, 2.75) is 32.0 Å². The number of rotatable bonds is 4. The van der Waals surface area contributed by atoms with Gasteiger partial charge in [0.05, 0.1) is 12.2 Å². The molecule has 1 aliphatic heterocycles. The lowest BCUT2D eigenvalue weighted by atomic mass is 9.96. The zero-order valence-electron chi connectivity index (χ0n) is 11.0. The lowest BCUT2D eigenvalue weighted by Crippen LogP contribution is -2.42. The van der Waals surface area contributed by atoms with Gasteiger partial charge in [-0.3, -0.25) is 0 Å². The largest absolute Gasteiger partial charge is 0.393 e. The minimum atomic E-state index is -0.381. The van der Waals surface area contributed by atoms with Crippen molar-refractivity contribution in [1.29, 1.82) is 0 Å². The molecule has 0 aromatic heterocycles. The van der Waals surface area contributed by atoms with Crippen molar-refractivity contribution in [3.8, 4) is 0 Å². The van der Waals surface area contributed by atoms with Crippen molar-refractivity contribution in [2.24, 2.45) is 5.92 Å². The van der Waals surface area contributed by atoms with E-state index in [4.69, 9.17) is 0 Å². The summed E-state index contributed by atoms with van der Waals surface area (Å²) in [6.45, 7) is 4.85. The predicted molar refractivity (Wildman–Crippen MR) is 72.2 cm³/mol. The van der Waals surface area contributed by atoms with Crippen LogP contribution in [-0.4, -0.2) is 40.9 Å². The normalized spacial score (nSPS) is 27.1. The molecule has 0 amide bonds. The van der Waals surface area contributed by atoms with Crippen LogP contribution in [0, 0.1) is 5.92 Å². The van der Waals surface area contributed by atoms with Gasteiger partial charge in [-0.25, -0.2) is 0 Å². The van der Waals surface area contributed by atoms with Crippen LogP contribution in [0.5, 0.6) is 0 Å². The van der Waals surface area contributed by atoms with Crippen LogP contribution in [0.2, 0.25) is 0 Å². The molecule has 0 radical (unpaired) electrons. The number of nitrogens with zero attached hydrogens (tertiary/aromatic N) is 1. The molecule has 3 unspecified atom stereocenters. The van der Waals surface area contributed by atoms with E-state index in [9.17, 15) is 10.2 Å². The van der Waals surface area contributed by atoms with Crippen LogP contribution in [-0.2, 0) is 0 Å². The maximum Gasteiger partial charge on any atom is 0.0802 e. The summed E-state index contributed by atoms with van der Waals surface area (Å²) in [6.07, 6.45) is 1.07. The molecule has 0 bridgehead atoms. The molecule has 2 rings (SSSR count). The highest BCUT2D eigenvalue weighted by Crippen LogP contribution is 2.20. The lowest BCUT2D eigenvalue weighted by Gasteiger charge is -2.34. The first-order chi connectivity index (χ1) is 8.66. The summed E-state index contributed by atoms with van der Waals surface area (Å²) in [5.41, 5.74) is 0.989. The molecule has 3 atom stereocenters. The number of benzene rings is 1. The zero-order valence-corrected chi connectivity index (χ0v) is 11.0. The summed E-state index contributed by atoms with van der Waals surface area (Å²) in [5.74, 6) is 0.340. The van der Waals surface area contributed by atoms with E-state index in [1.807, 2.05) is 30.3 Å². The molecule has 1 saturated heterocycles. The van der Waals surface area contributed by atoms with Gasteiger partial charge in [-0.05, 0) is 24.3 Å². The first kappa shape index (κ1) is 13.5. The van der Waals surface area contributed by atoms with Crippen LogP contribution in [0.3, 0.4) is 0 Å². The van der Waals surface area contributed by atoms with E-state index in [1.54, 1.807) is 0 Å². The Labute approximate surface area is 109 Å². The summed E-state index contributed by atoms with van der Waals surface area (Å²) in [5, 5.41) is 19.8. The van der Waals surface area contributed by atoms with Gasteiger partial charge in [-0.2, -0.15) is 0 Å². The Kier molecular flexibility index (Phi) is 4.75. The molecular weight excluding hydrogens is 226 g/mol. The Morgan fingerprint density at radius 3 is 2.72 bits per heavy atom. The van der Waals surface area contributed by atoms with Crippen molar-refractivity contribution >= 4 is 0 Å². The molecule has 3 heteroatoms. The molecule has 0 aliphatic carbocycles. The Morgan fingerprint density at radius 1 is 1.33 bits per heavy atom. The summed E-state index contributed by atoms with van der Waals surface area (Å²) in [6, 6.07) is 9.81. The fraction of sp³-hybridized carbons (Fsp3) is 0.600. The van der Waals surface area contributed by atoms with Crippen molar-refractivity contribution in [1.82, 2.24) is 4.90 Å². The number of aliphatic hydroxyl groups excluding tert-OH is 2. The van der Waals surface area contributed by atoms with Crippen molar-refractivity contribution < 1.29 is 10.2 Å². The third-order valence-corrected chi connectivity index (χ3v) is 3.85. The average Bonchev–Trinajstić information content (AvgIpc) is 2.41. The monoisotopic (exact) mass is 249 g/mol. The molecular formula is C15H23NO2. The molecule has 100 valence electrons. The maximum absolute atomic E-state index is 10.1. The maximum atomic E-state index is 10.1. The minimum Gasteiger partial charge on any atom is -0.393 e. The van der Waals surface area contributed by atoms with Crippen LogP contribution < -0.4 is 0 Å². The molecule has 2 N–H and O–H groups in total. The van der Waals surface area contributed by atoms with Crippen molar-refractivity contribution in [3.63, 3.8) is 0 Å². The summed E-state index contributed by atoms with van der Waals surface area (Å²) in [7, 11) is 0. The summed E-state index contributed by atoms with van der Waals surface area (Å²) >= 11 is 0. The Morgan fingerprint density at radius 2 is 2.06 bits per heavy atom. The van der Waals surface area contributed by atoms with E-state index < -0.39 is 0 Å². The molecule has 1 fully saturated rings. The fourth-order valence-corrected chi connectivity index (χ4v) is 2.57. The third-order valence-electron chi connectivity index (χ3n) is 3.85. The number of likely N-dealkylation sites (tertiary alicyclic amines) is 1. The predicted octanol–water partition coefficient (Wildman–Crippen LogP) is 1.81.